The van der Waals surface area contributed by atoms with E-state index in [1.165, 1.54) is 25.9 Å². The highest BCUT2D eigenvalue weighted by Crippen LogP contribution is 2.17. The summed E-state index contributed by atoms with van der Waals surface area (Å²) in [6.45, 7) is 7.68. The summed E-state index contributed by atoms with van der Waals surface area (Å²) < 4.78 is 1.87. The van der Waals surface area contributed by atoms with Gasteiger partial charge in [-0.25, -0.2) is 4.98 Å². The summed E-state index contributed by atoms with van der Waals surface area (Å²) in [5.41, 5.74) is 0. The van der Waals surface area contributed by atoms with Gasteiger partial charge in [-0.15, -0.1) is 0 Å². The van der Waals surface area contributed by atoms with Crippen molar-refractivity contribution in [3.05, 3.63) is 12.2 Å². The van der Waals surface area contributed by atoms with E-state index in [0.29, 0.717) is 0 Å². The summed E-state index contributed by atoms with van der Waals surface area (Å²) in [7, 11) is 1.96. The van der Waals surface area contributed by atoms with Crippen LogP contribution in [0.5, 0.6) is 0 Å². The molecule has 1 aliphatic rings. The number of aryl methyl sites for hydroxylation is 1. The third-order valence-electron chi connectivity index (χ3n) is 3.46. The Balaban J connectivity index is 1.83. The molecule has 2 rings (SSSR count). The molecule has 1 aromatic heterocycles. The molecule has 0 amide bonds. The van der Waals surface area contributed by atoms with Gasteiger partial charge in [0.2, 0.25) is 0 Å². The van der Waals surface area contributed by atoms with Crippen LogP contribution in [0, 0.1) is 5.92 Å². The maximum Gasteiger partial charge on any atom is 0.140 e. The zero-order chi connectivity index (χ0) is 12.1. The molecule has 2 heterocycles. The van der Waals surface area contributed by atoms with Gasteiger partial charge >= 0.3 is 0 Å². The quantitative estimate of drug-likeness (QED) is 0.816. The molecular formula is C12H23N5. The summed E-state index contributed by atoms with van der Waals surface area (Å²) >= 11 is 0. The number of piperidine rings is 1. The zero-order valence-electron chi connectivity index (χ0n) is 10.9. The third kappa shape index (κ3) is 3.51. The number of likely N-dealkylation sites (tertiary alicyclic amines) is 1. The topological polar surface area (TPSA) is 46.0 Å². The maximum atomic E-state index is 4.29. The van der Waals surface area contributed by atoms with Crippen LogP contribution < -0.4 is 5.32 Å². The van der Waals surface area contributed by atoms with Crippen molar-refractivity contribution in [1.82, 2.24) is 25.0 Å². The van der Waals surface area contributed by atoms with E-state index in [9.17, 15) is 0 Å². The van der Waals surface area contributed by atoms with E-state index in [4.69, 9.17) is 0 Å². The van der Waals surface area contributed by atoms with Crippen LogP contribution in [0.4, 0.5) is 0 Å². The van der Waals surface area contributed by atoms with Gasteiger partial charge in [0.25, 0.3) is 0 Å². The van der Waals surface area contributed by atoms with Gasteiger partial charge in [0.15, 0.2) is 0 Å². The summed E-state index contributed by atoms with van der Waals surface area (Å²) in [6, 6.07) is 0. The molecule has 1 fully saturated rings. The van der Waals surface area contributed by atoms with E-state index in [1.807, 2.05) is 11.7 Å². The predicted octanol–water partition coefficient (Wildman–Crippen LogP) is 0.637. The summed E-state index contributed by atoms with van der Waals surface area (Å²) in [5, 5.41) is 7.57. The Hall–Kier alpha value is -0.940. The Bertz CT molecular complexity index is 335. The van der Waals surface area contributed by atoms with Crippen molar-refractivity contribution in [2.45, 2.75) is 26.3 Å². The minimum atomic E-state index is 0.789. The van der Waals surface area contributed by atoms with Crippen molar-refractivity contribution in [3.8, 4) is 0 Å². The number of rotatable bonds is 5. The van der Waals surface area contributed by atoms with Crippen LogP contribution in [0.1, 0.15) is 25.6 Å². The minimum Gasteiger partial charge on any atom is -0.317 e. The molecule has 1 saturated heterocycles. The van der Waals surface area contributed by atoms with Crippen molar-refractivity contribution in [2.24, 2.45) is 13.0 Å². The fraction of sp³-hybridized carbons (Fsp3) is 0.833. The largest absolute Gasteiger partial charge is 0.317 e. The van der Waals surface area contributed by atoms with E-state index in [2.05, 4.69) is 27.2 Å². The van der Waals surface area contributed by atoms with Crippen LogP contribution in [0.15, 0.2) is 6.33 Å². The standard InChI is InChI=1S/C12H23N5/c1-3-13-7-11-5-4-6-17(8-11)9-12-14-10-15-16(12)2/h10-11,13H,3-9H2,1-2H3. The fourth-order valence-corrected chi connectivity index (χ4v) is 2.47. The summed E-state index contributed by atoms with van der Waals surface area (Å²) in [4.78, 5) is 6.79. The van der Waals surface area contributed by atoms with Gasteiger partial charge in [-0.05, 0) is 38.4 Å². The van der Waals surface area contributed by atoms with Gasteiger partial charge in [-0.1, -0.05) is 6.92 Å². The highest BCUT2D eigenvalue weighted by Gasteiger charge is 2.20. The second-order valence-electron chi connectivity index (χ2n) is 4.85. The molecule has 17 heavy (non-hydrogen) atoms. The molecule has 0 aromatic carbocycles. The van der Waals surface area contributed by atoms with Crippen molar-refractivity contribution in [3.63, 3.8) is 0 Å². The van der Waals surface area contributed by atoms with Crippen LogP contribution in [0.25, 0.3) is 0 Å². The lowest BCUT2D eigenvalue weighted by Gasteiger charge is -2.32. The molecule has 5 nitrogen and oxygen atoms in total. The third-order valence-corrected chi connectivity index (χ3v) is 3.46. The molecule has 96 valence electrons. The summed E-state index contributed by atoms with van der Waals surface area (Å²) in [5.74, 6) is 1.85. The van der Waals surface area contributed by atoms with E-state index in [0.717, 1.165) is 31.4 Å². The van der Waals surface area contributed by atoms with Crippen molar-refractivity contribution < 1.29 is 0 Å². The molecule has 0 bridgehead atoms. The highest BCUT2D eigenvalue weighted by molar-refractivity contribution is 4.85. The lowest BCUT2D eigenvalue weighted by molar-refractivity contribution is 0.160. The van der Waals surface area contributed by atoms with Gasteiger partial charge < -0.3 is 5.32 Å². The molecule has 1 N–H and O–H groups in total. The number of nitrogens with one attached hydrogen (secondary N) is 1. The monoisotopic (exact) mass is 237 g/mol. The first-order valence-electron chi connectivity index (χ1n) is 6.55. The first kappa shape index (κ1) is 12.5. The Morgan fingerprint density at radius 1 is 1.53 bits per heavy atom. The molecule has 1 atom stereocenters. The molecule has 0 aliphatic carbocycles. The Morgan fingerprint density at radius 3 is 3.12 bits per heavy atom. The lowest BCUT2D eigenvalue weighted by Crippen LogP contribution is -2.39. The first-order valence-corrected chi connectivity index (χ1v) is 6.55. The number of nitrogens with zero attached hydrogens (tertiary/aromatic N) is 4. The highest BCUT2D eigenvalue weighted by atomic mass is 15.3. The van der Waals surface area contributed by atoms with Gasteiger partial charge in [0.1, 0.15) is 12.2 Å². The van der Waals surface area contributed by atoms with Gasteiger partial charge in [0.05, 0.1) is 6.54 Å². The normalized spacial score (nSPS) is 21.9. The summed E-state index contributed by atoms with van der Waals surface area (Å²) in [6.07, 6.45) is 4.28. The number of hydrogen-bond acceptors (Lipinski definition) is 4. The smallest absolute Gasteiger partial charge is 0.140 e. The Kier molecular flexibility index (Phi) is 4.50. The number of hydrogen-bond donors (Lipinski definition) is 1. The Morgan fingerprint density at radius 2 is 2.41 bits per heavy atom. The number of aromatic nitrogens is 3. The molecule has 5 heteroatoms. The molecular weight excluding hydrogens is 214 g/mol. The lowest BCUT2D eigenvalue weighted by atomic mass is 9.98. The predicted molar refractivity (Wildman–Crippen MR) is 67.5 cm³/mol. The van der Waals surface area contributed by atoms with E-state index >= 15 is 0 Å². The second kappa shape index (κ2) is 6.12. The molecule has 1 aromatic rings. The molecule has 0 radical (unpaired) electrons. The van der Waals surface area contributed by atoms with Crippen LogP contribution >= 0.6 is 0 Å². The molecule has 1 aliphatic heterocycles. The minimum absolute atomic E-state index is 0.789. The molecule has 1 unspecified atom stereocenters. The van der Waals surface area contributed by atoms with E-state index < -0.39 is 0 Å². The van der Waals surface area contributed by atoms with Crippen LogP contribution in [-0.4, -0.2) is 45.8 Å². The Labute approximate surface area is 103 Å². The van der Waals surface area contributed by atoms with Crippen LogP contribution in [-0.2, 0) is 13.6 Å². The van der Waals surface area contributed by atoms with Gasteiger partial charge in [-0.3, -0.25) is 9.58 Å². The fourth-order valence-electron chi connectivity index (χ4n) is 2.47. The second-order valence-corrected chi connectivity index (χ2v) is 4.85. The van der Waals surface area contributed by atoms with Crippen LogP contribution in [0.3, 0.4) is 0 Å². The zero-order valence-corrected chi connectivity index (χ0v) is 10.9. The van der Waals surface area contributed by atoms with Crippen molar-refractivity contribution in [1.29, 1.82) is 0 Å². The van der Waals surface area contributed by atoms with Crippen LogP contribution in [0.2, 0.25) is 0 Å². The van der Waals surface area contributed by atoms with E-state index in [-0.39, 0.29) is 0 Å². The SMILES string of the molecule is CCNCC1CCCN(Cc2ncnn2C)C1. The van der Waals surface area contributed by atoms with Gasteiger partial charge in [0, 0.05) is 13.6 Å². The van der Waals surface area contributed by atoms with E-state index in [1.54, 1.807) is 6.33 Å². The first-order chi connectivity index (χ1) is 8.29. The van der Waals surface area contributed by atoms with Crippen molar-refractivity contribution in [2.75, 3.05) is 26.2 Å². The molecule has 0 saturated carbocycles. The average molecular weight is 237 g/mol. The maximum absolute atomic E-state index is 4.29. The van der Waals surface area contributed by atoms with Crippen molar-refractivity contribution >= 4 is 0 Å². The molecule has 0 spiro atoms. The van der Waals surface area contributed by atoms with Gasteiger partial charge in [-0.2, -0.15) is 5.10 Å². The average Bonchev–Trinajstić information content (AvgIpc) is 2.73.